The van der Waals surface area contributed by atoms with Crippen molar-refractivity contribution in [2.24, 2.45) is 10.8 Å². The molecule has 6 aromatic heterocycles. The van der Waals surface area contributed by atoms with Crippen LogP contribution in [0, 0.1) is 24.7 Å². The lowest BCUT2D eigenvalue weighted by atomic mass is 9.95. The molecule has 0 amide bonds. The summed E-state index contributed by atoms with van der Waals surface area (Å²) in [6.45, 7) is 14.3. The number of carbonyl (C=O) groups is 2. The Balaban J connectivity index is 0.000000279. The van der Waals surface area contributed by atoms with Gasteiger partial charge in [0.05, 0.1) is 29.3 Å². The number of alkyl halides is 6. The highest BCUT2D eigenvalue weighted by atomic mass is 28.3. The second-order valence-corrected chi connectivity index (χ2v) is 24.6. The number of methoxy groups -OCH3 is 1. The molecular weight excluding hydrogens is 991 g/mol. The number of pyridine rings is 4. The molecule has 0 unspecified atom stereocenters. The summed E-state index contributed by atoms with van der Waals surface area (Å²) in [7, 11) is -0.0158. The second kappa shape index (κ2) is 23.5. The van der Waals surface area contributed by atoms with Gasteiger partial charge in [-0.3, -0.25) is 24.7 Å². The van der Waals surface area contributed by atoms with Gasteiger partial charge in [-0.1, -0.05) is 19.6 Å². The van der Waals surface area contributed by atoms with Crippen molar-refractivity contribution in [3.8, 4) is 69.1 Å². The van der Waals surface area contributed by atoms with Gasteiger partial charge in [0.25, 0.3) is 0 Å². The van der Waals surface area contributed by atoms with Gasteiger partial charge in [-0.2, -0.15) is 41.0 Å². The van der Waals surface area contributed by atoms with E-state index in [-0.39, 0.29) is 43.6 Å². The number of aliphatic carboxylic acids is 1. The zero-order chi connectivity index (χ0) is 53.9. The zero-order valence-corrected chi connectivity index (χ0v) is 42.7. The molecule has 19 nitrogen and oxygen atoms in total. The van der Waals surface area contributed by atoms with E-state index in [1.165, 1.54) is 24.2 Å². The van der Waals surface area contributed by atoms with Crippen molar-refractivity contribution in [3.63, 3.8) is 0 Å². The van der Waals surface area contributed by atoms with Crippen molar-refractivity contribution >= 4 is 20.0 Å². The summed E-state index contributed by atoms with van der Waals surface area (Å²) in [5, 5.41) is 19.6. The van der Waals surface area contributed by atoms with Crippen LogP contribution in [-0.2, 0) is 25.8 Å². The molecule has 73 heavy (non-hydrogen) atoms. The maximum absolute atomic E-state index is 12.8. The lowest BCUT2D eigenvalue weighted by Gasteiger charge is -2.21. The summed E-state index contributed by atoms with van der Waals surface area (Å²) in [4.78, 5) is 48.5. The number of esters is 1. The van der Waals surface area contributed by atoms with Crippen molar-refractivity contribution in [1.82, 2.24) is 49.9 Å². The van der Waals surface area contributed by atoms with E-state index < -0.39 is 56.4 Å². The Kier molecular flexibility index (Phi) is 18.3. The number of halogens is 6. The lowest BCUT2D eigenvalue weighted by Crippen LogP contribution is -2.32. The number of hydrogen-bond donors (Lipinski definition) is 2. The van der Waals surface area contributed by atoms with Gasteiger partial charge in [-0.15, -0.1) is 10.2 Å². The molecule has 6 heterocycles. The highest BCUT2D eigenvalue weighted by Gasteiger charge is 2.32. The Morgan fingerprint density at radius 1 is 0.699 bits per heavy atom. The van der Waals surface area contributed by atoms with Crippen molar-refractivity contribution in [2.75, 3.05) is 40.1 Å². The number of aryl methyl sites for hydroxylation is 2. The van der Waals surface area contributed by atoms with E-state index in [0.717, 1.165) is 28.3 Å². The Bertz CT molecular complexity index is 2800. The van der Waals surface area contributed by atoms with Crippen LogP contribution in [-0.4, -0.2) is 127 Å². The Morgan fingerprint density at radius 2 is 1.23 bits per heavy atom. The van der Waals surface area contributed by atoms with Gasteiger partial charge in [0.2, 0.25) is 11.8 Å². The van der Waals surface area contributed by atoms with Gasteiger partial charge < -0.3 is 33.5 Å². The van der Waals surface area contributed by atoms with Crippen LogP contribution in [0.5, 0.6) is 23.8 Å². The molecule has 6 rings (SSSR count). The number of rotatable bonds is 21. The fourth-order valence-electron chi connectivity index (χ4n) is 5.94. The van der Waals surface area contributed by atoms with E-state index in [2.05, 4.69) is 69.6 Å². The Hall–Kier alpha value is -7.22. The fraction of sp³-hybridized carbons (Fsp3) is 0.447. The van der Waals surface area contributed by atoms with Crippen LogP contribution in [0.25, 0.3) is 45.3 Å². The van der Waals surface area contributed by atoms with Crippen molar-refractivity contribution < 1.29 is 69.5 Å². The minimum absolute atomic E-state index is 0.0348. The summed E-state index contributed by atoms with van der Waals surface area (Å²) >= 11 is 0. The lowest BCUT2D eigenvalue weighted by molar-refractivity contribution is -0.156. The van der Waals surface area contributed by atoms with Gasteiger partial charge >= 0.3 is 36.3 Å². The van der Waals surface area contributed by atoms with Gasteiger partial charge in [0.1, 0.15) is 19.9 Å². The monoisotopic (exact) mass is 1050 g/mol. The third-order valence-electron chi connectivity index (χ3n) is 10.3. The van der Waals surface area contributed by atoms with Crippen LogP contribution in [0.3, 0.4) is 0 Å². The van der Waals surface area contributed by atoms with E-state index in [1.54, 1.807) is 76.5 Å². The number of carboxylic acids is 1. The molecule has 0 bridgehead atoms. The third kappa shape index (κ3) is 17.2. The largest absolute Gasteiger partial charge is 0.481 e. The number of carbonyl (C=O) groups excluding carboxylic acids is 1. The fourth-order valence-corrected chi connectivity index (χ4v) is 6.70. The Morgan fingerprint density at radius 3 is 1.71 bits per heavy atom. The molecule has 394 valence electrons. The predicted molar refractivity (Wildman–Crippen MR) is 254 cm³/mol. The van der Waals surface area contributed by atoms with Crippen LogP contribution in [0.2, 0.25) is 25.7 Å². The summed E-state index contributed by atoms with van der Waals surface area (Å²) < 4.78 is 107. The highest BCUT2D eigenvalue weighted by molar-refractivity contribution is 6.76. The highest BCUT2D eigenvalue weighted by Crippen LogP contribution is 2.30. The summed E-state index contributed by atoms with van der Waals surface area (Å²) in [6.07, 6.45) is -2.81. The van der Waals surface area contributed by atoms with Crippen molar-refractivity contribution in [3.05, 3.63) is 72.3 Å². The molecule has 0 fully saturated rings. The van der Waals surface area contributed by atoms with Crippen LogP contribution >= 0.6 is 0 Å². The van der Waals surface area contributed by atoms with Crippen LogP contribution < -0.4 is 18.9 Å². The number of aromatic nitrogens is 10. The molecule has 0 saturated heterocycles. The molecule has 0 saturated carbocycles. The van der Waals surface area contributed by atoms with E-state index in [0.29, 0.717) is 40.9 Å². The quantitative estimate of drug-likeness (QED) is 0.0296. The number of aromatic amines is 1. The minimum atomic E-state index is -4.52. The molecule has 0 spiro atoms. The van der Waals surface area contributed by atoms with Gasteiger partial charge in [0.15, 0.2) is 24.9 Å². The Labute approximate surface area is 417 Å². The first-order valence-corrected chi connectivity index (χ1v) is 26.0. The van der Waals surface area contributed by atoms with E-state index in [1.807, 2.05) is 13.8 Å². The summed E-state index contributed by atoms with van der Waals surface area (Å²) in [6, 6.07) is 10.4. The maximum atomic E-state index is 12.8. The van der Waals surface area contributed by atoms with E-state index >= 15 is 0 Å². The average molecular weight is 1050 g/mol. The smallest absolute Gasteiger partial charge is 0.422 e. The molecule has 0 aromatic carbocycles. The molecule has 2 N–H and O–H groups in total. The average Bonchev–Trinajstić information content (AvgIpc) is 3.97. The van der Waals surface area contributed by atoms with Crippen molar-refractivity contribution in [1.29, 1.82) is 0 Å². The van der Waals surface area contributed by atoms with Crippen molar-refractivity contribution in [2.45, 2.75) is 86.3 Å². The van der Waals surface area contributed by atoms with Gasteiger partial charge in [-0.25, -0.2) is 9.97 Å². The number of ether oxygens (including phenoxy) is 6. The van der Waals surface area contributed by atoms with Gasteiger partial charge in [0, 0.05) is 73.9 Å². The molecular formula is C47H56F6N10O9Si. The molecule has 0 aliphatic rings. The SMILES string of the molecule is COC(=O)C(C)(C)COc1cc(C)c(-c2ccc(-c3nc(OCC(F)(F)F)n(COCC[Si](C)(C)C)n3)cn2)cn1.Cc1cc(OCC(C)(C)C(=O)O)ncc1-c1ccc(-c2nc(OCC(F)(F)F)n[nH]2)cn1. The standard InChI is InChI=1S/C27H36F3N5O5Si.C20H20F3N5O4/c1-18-12-22(39-15-26(2,3)24(36)37-4)32-14-20(18)21-9-8-19(13-31-21)23-33-25(40-16-27(28,29)30)35(34-23)17-38-10-11-41(5,6)7;1-11-6-15(31-9-19(2,3)17(29)30)25-8-13(11)14-5-4-12(7-24-14)16-26-18(28-27-16)32-10-20(21,22)23/h8-9,12-14H,10-11,15-17H2,1-7H3;4-8H,9-10H2,1-3H3,(H,29,30)(H,26,27,28). The van der Waals surface area contributed by atoms with Gasteiger partial charge in [-0.05, 0) is 83.0 Å². The number of nitrogens with zero attached hydrogens (tertiary/aromatic N) is 9. The zero-order valence-electron chi connectivity index (χ0n) is 41.7. The minimum Gasteiger partial charge on any atom is -0.481 e. The number of hydrogen-bond acceptors (Lipinski definition) is 16. The maximum Gasteiger partial charge on any atom is 0.422 e. The second-order valence-electron chi connectivity index (χ2n) is 19.0. The van der Waals surface area contributed by atoms with Crippen LogP contribution in [0.1, 0.15) is 38.8 Å². The third-order valence-corrected chi connectivity index (χ3v) is 12.0. The van der Waals surface area contributed by atoms with Crippen LogP contribution in [0.15, 0.2) is 61.2 Å². The molecule has 6 aromatic rings. The molecule has 0 aliphatic heterocycles. The first-order valence-electron chi connectivity index (χ1n) is 22.3. The summed E-state index contributed by atoms with van der Waals surface area (Å²) in [5.74, 6) is -0.343. The van der Waals surface area contributed by atoms with E-state index in [4.69, 9.17) is 28.8 Å². The summed E-state index contributed by atoms with van der Waals surface area (Å²) in [5.41, 5.74) is 3.45. The molecule has 0 atom stereocenters. The number of H-pyrrole nitrogens is 1. The van der Waals surface area contributed by atoms with Crippen LogP contribution in [0.4, 0.5) is 26.3 Å². The molecule has 26 heteroatoms. The predicted octanol–water partition coefficient (Wildman–Crippen LogP) is 9.21. The molecule has 0 aliphatic carbocycles. The first-order chi connectivity index (χ1) is 34.0. The topological polar surface area (TPSA) is 234 Å². The normalized spacial score (nSPS) is 12.2. The number of carboxylic acid groups (broad SMARTS) is 1. The molecule has 0 radical (unpaired) electrons. The first kappa shape index (κ1) is 56.7. The number of nitrogens with one attached hydrogen (secondary N) is 1. The van der Waals surface area contributed by atoms with E-state index in [9.17, 15) is 35.9 Å².